The van der Waals surface area contributed by atoms with Crippen molar-refractivity contribution in [3.8, 4) is 5.75 Å². The van der Waals surface area contributed by atoms with E-state index in [0.29, 0.717) is 23.7 Å². The lowest BCUT2D eigenvalue weighted by atomic mass is 9.91. The second kappa shape index (κ2) is 7.00. The first-order valence-electron chi connectivity index (χ1n) is 9.61. The maximum atomic E-state index is 13.2. The van der Waals surface area contributed by atoms with E-state index in [9.17, 15) is 8.42 Å². The van der Waals surface area contributed by atoms with Crippen LogP contribution < -0.4 is 9.64 Å². The van der Waals surface area contributed by atoms with Crippen molar-refractivity contribution in [1.82, 2.24) is 14.3 Å². The molecule has 0 aliphatic carbocycles. The van der Waals surface area contributed by atoms with Crippen LogP contribution in [0.4, 0.5) is 5.82 Å². The second-order valence-electron chi connectivity index (χ2n) is 7.84. The molecule has 2 aromatic rings. The van der Waals surface area contributed by atoms with Crippen LogP contribution >= 0.6 is 0 Å². The summed E-state index contributed by atoms with van der Waals surface area (Å²) in [5, 5.41) is 0. The Morgan fingerprint density at radius 3 is 2.29 bits per heavy atom. The molecule has 0 saturated carbocycles. The van der Waals surface area contributed by atoms with E-state index < -0.39 is 10.0 Å². The predicted molar refractivity (Wildman–Crippen MR) is 107 cm³/mol. The first-order chi connectivity index (χ1) is 13.2. The SMILES string of the molecule is Cc1cc(N2CC3CC(C2)N3S(=O)(=O)c2ccc(OC(C)C)cc2)nc(C)n1. The van der Waals surface area contributed by atoms with Crippen LogP contribution in [0.1, 0.15) is 31.8 Å². The molecule has 0 amide bonds. The highest BCUT2D eigenvalue weighted by Crippen LogP contribution is 2.39. The van der Waals surface area contributed by atoms with Crippen molar-refractivity contribution in [2.75, 3.05) is 18.0 Å². The Bertz CT molecular complexity index is 943. The summed E-state index contributed by atoms with van der Waals surface area (Å²) >= 11 is 0. The largest absolute Gasteiger partial charge is 0.491 e. The van der Waals surface area contributed by atoms with Crippen LogP contribution in [-0.4, -0.2) is 54.0 Å². The number of aryl methyl sites for hydroxylation is 2. The smallest absolute Gasteiger partial charge is 0.243 e. The van der Waals surface area contributed by atoms with E-state index in [4.69, 9.17) is 4.74 Å². The molecule has 7 nitrogen and oxygen atoms in total. The predicted octanol–water partition coefficient (Wildman–Crippen LogP) is 2.53. The number of sulfonamides is 1. The minimum atomic E-state index is -3.51. The number of anilines is 1. The molecule has 0 radical (unpaired) electrons. The van der Waals surface area contributed by atoms with Crippen molar-refractivity contribution in [3.05, 3.63) is 41.9 Å². The van der Waals surface area contributed by atoms with Gasteiger partial charge in [0.25, 0.3) is 0 Å². The Morgan fingerprint density at radius 1 is 1.07 bits per heavy atom. The van der Waals surface area contributed by atoms with Gasteiger partial charge in [-0.15, -0.1) is 0 Å². The van der Waals surface area contributed by atoms with Crippen molar-refractivity contribution >= 4 is 15.8 Å². The zero-order valence-electron chi connectivity index (χ0n) is 16.7. The van der Waals surface area contributed by atoms with Crippen molar-refractivity contribution in [2.45, 2.75) is 57.2 Å². The fourth-order valence-electron chi connectivity index (χ4n) is 4.10. The van der Waals surface area contributed by atoms with Gasteiger partial charge in [-0.3, -0.25) is 0 Å². The van der Waals surface area contributed by atoms with Gasteiger partial charge in [0.1, 0.15) is 17.4 Å². The lowest BCUT2D eigenvalue weighted by molar-refractivity contribution is 0.0874. The topological polar surface area (TPSA) is 75.6 Å². The van der Waals surface area contributed by atoms with Crippen LogP contribution in [0.3, 0.4) is 0 Å². The van der Waals surface area contributed by atoms with Gasteiger partial charge in [-0.05, 0) is 58.4 Å². The summed E-state index contributed by atoms with van der Waals surface area (Å²) in [6.45, 7) is 9.02. The van der Waals surface area contributed by atoms with E-state index in [0.717, 1.165) is 23.8 Å². The molecule has 5 rings (SSSR count). The molecule has 1 aromatic carbocycles. The number of benzene rings is 1. The van der Waals surface area contributed by atoms with E-state index in [1.165, 1.54) is 0 Å². The molecule has 28 heavy (non-hydrogen) atoms. The summed E-state index contributed by atoms with van der Waals surface area (Å²) in [6, 6.07) is 8.63. The van der Waals surface area contributed by atoms with Crippen LogP contribution in [0.25, 0.3) is 0 Å². The van der Waals surface area contributed by atoms with E-state index >= 15 is 0 Å². The molecule has 0 spiro atoms. The average Bonchev–Trinajstić information content (AvgIpc) is 2.60. The van der Waals surface area contributed by atoms with Crippen molar-refractivity contribution in [2.24, 2.45) is 0 Å². The number of fused-ring (bicyclic) bond motifs is 2. The van der Waals surface area contributed by atoms with Crippen molar-refractivity contribution in [1.29, 1.82) is 0 Å². The summed E-state index contributed by atoms with van der Waals surface area (Å²) in [6.07, 6.45) is 0.949. The first kappa shape index (κ1) is 19.1. The summed E-state index contributed by atoms with van der Waals surface area (Å²) in [4.78, 5) is 11.3. The quantitative estimate of drug-likeness (QED) is 0.765. The number of hydrogen-bond donors (Lipinski definition) is 0. The summed E-state index contributed by atoms with van der Waals surface area (Å²) < 4.78 is 33.6. The van der Waals surface area contributed by atoms with Gasteiger partial charge < -0.3 is 9.64 Å². The third kappa shape index (κ3) is 3.46. The highest BCUT2D eigenvalue weighted by molar-refractivity contribution is 7.89. The van der Waals surface area contributed by atoms with E-state index in [2.05, 4.69) is 14.9 Å². The Morgan fingerprint density at radius 2 is 1.71 bits per heavy atom. The molecular weight excluding hydrogens is 376 g/mol. The van der Waals surface area contributed by atoms with Crippen molar-refractivity contribution in [3.63, 3.8) is 0 Å². The molecule has 3 fully saturated rings. The standard InChI is InChI=1S/C20H26N4O3S/c1-13(2)27-18-5-7-19(8-6-18)28(25,26)24-16-10-17(24)12-23(11-16)20-9-14(3)21-15(4)22-20/h5-9,13,16-17H,10-12H2,1-4H3. The highest BCUT2D eigenvalue weighted by atomic mass is 32.2. The molecule has 3 aliphatic rings. The zero-order chi connectivity index (χ0) is 20.1. The fourth-order valence-corrected chi connectivity index (χ4v) is 5.91. The molecule has 3 aliphatic heterocycles. The number of hydrogen-bond acceptors (Lipinski definition) is 6. The Kier molecular flexibility index (Phi) is 4.79. The third-order valence-electron chi connectivity index (χ3n) is 5.17. The van der Waals surface area contributed by atoms with Gasteiger partial charge in [-0.2, -0.15) is 4.31 Å². The number of piperazine rings is 1. The lowest BCUT2D eigenvalue weighted by Gasteiger charge is -2.55. The number of ether oxygens (including phenoxy) is 1. The van der Waals surface area contributed by atoms with Gasteiger partial charge in [-0.25, -0.2) is 18.4 Å². The van der Waals surface area contributed by atoms with E-state index in [1.807, 2.05) is 33.8 Å². The molecule has 150 valence electrons. The van der Waals surface area contributed by atoms with Crippen molar-refractivity contribution < 1.29 is 13.2 Å². The zero-order valence-corrected chi connectivity index (χ0v) is 17.5. The van der Waals surface area contributed by atoms with Gasteiger partial charge >= 0.3 is 0 Å². The maximum absolute atomic E-state index is 13.2. The first-order valence-corrected chi connectivity index (χ1v) is 11.1. The number of rotatable bonds is 5. The molecule has 2 atom stereocenters. The molecule has 4 heterocycles. The minimum Gasteiger partial charge on any atom is -0.491 e. The van der Waals surface area contributed by atoms with Crippen LogP contribution in [0.15, 0.2) is 35.2 Å². The molecule has 8 heteroatoms. The normalized spacial score (nSPS) is 22.2. The van der Waals surface area contributed by atoms with Gasteiger partial charge in [0.2, 0.25) is 10.0 Å². The average molecular weight is 403 g/mol. The summed E-state index contributed by atoms with van der Waals surface area (Å²) in [5.41, 5.74) is 0.926. The van der Waals surface area contributed by atoms with E-state index in [-0.39, 0.29) is 18.2 Å². The van der Waals surface area contributed by atoms with Crippen LogP contribution in [-0.2, 0) is 10.0 Å². The summed E-state index contributed by atoms with van der Waals surface area (Å²) in [5.74, 6) is 2.30. The monoisotopic (exact) mass is 402 g/mol. The second-order valence-corrected chi connectivity index (χ2v) is 9.68. The Hall–Kier alpha value is -2.19. The van der Waals surface area contributed by atoms with Gasteiger partial charge in [0, 0.05) is 36.9 Å². The van der Waals surface area contributed by atoms with Gasteiger partial charge in [-0.1, -0.05) is 0 Å². The molecule has 3 saturated heterocycles. The minimum absolute atomic E-state index is 0.0223. The van der Waals surface area contributed by atoms with Crippen LogP contribution in [0, 0.1) is 13.8 Å². The van der Waals surface area contributed by atoms with Gasteiger partial charge in [0.05, 0.1) is 11.0 Å². The van der Waals surface area contributed by atoms with Gasteiger partial charge in [0.15, 0.2) is 0 Å². The molecule has 2 unspecified atom stereocenters. The molecule has 0 N–H and O–H groups in total. The lowest BCUT2D eigenvalue weighted by Crippen LogP contribution is -2.70. The third-order valence-corrected chi connectivity index (χ3v) is 7.19. The number of piperidine rings is 1. The molecular formula is C20H26N4O3S. The highest BCUT2D eigenvalue weighted by Gasteiger charge is 2.51. The van der Waals surface area contributed by atoms with Crippen LogP contribution in [0.2, 0.25) is 0 Å². The maximum Gasteiger partial charge on any atom is 0.243 e. The Labute approximate surface area is 166 Å². The molecule has 2 bridgehead atoms. The number of aromatic nitrogens is 2. The number of nitrogens with zero attached hydrogens (tertiary/aromatic N) is 4. The fraction of sp³-hybridized carbons (Fsp3) is 0.500. The van der Waals surface area contributed by atoms with Crippen LogP contribution in [0.5, 0.6) is 5.75 Å². The molecule has 1 aromatic heterocycles. The Balaban J connectivity index is 1.51. The van der Waals surface area contributed by atoms with E-state index in [1.54, 1.807) is 28.6 Å². The summed E-state index contributed by atoms with van der Waals surface area (Å²) in [7, 11) is -3.51.